The number of ether oxygens (including phenoxy) is 1. The molecule has 0 aromatic carbocycles. The van der Waals surface area contributed by atoms with Gasteiger partial charge in [0.2, 0.25) is 11.8 Å². The Kier molecular flexibility index (Phi) is 11.2. The van der Waals surface area contributed by atoms with Gasteiger partial charge < -0.3 is 20.3 Å². The van der Waals surface area contributed by atoms with E-state index in [0.29, 0.717) is 24.9 Å². The molecule has 7 nitrogen and oxygen atoms in total. The van der Waals surface area contributed by atoms with Crippen molar-refractivity contribution >= 4 is 35.8 Å². The first kappa shape index (κ1) is 24.7. The second-order valence-electron chi connectivity index (χ2n) is 7.84. The SMILES string of the molecule is CCNC(=NCc1ccnc(OC2CCCCC2)c1)NCCCN1CCCC1=O.I. The smallest absolute Gasteiger partial charge is 0.222 e. The second kappa shape index (κ2) is 13.7. The third kappa shape index (κ3) is 8.28. The summed E-state index contributed by atoms with van der Waals surface area (Å²) in [5.41, 5.74) is 1.09. The minimum atomic E-state index is 0. The number of aromatic nitrogens is 1. The van der Waals surface area contributed by atoms with E-state index >= 15 is 0 Å². The second-order valence-corrected chi connectivity index (χ2v) is 7.84. The van der Waals surface area contributed by atoms with Gasteiger partial charge in [-0.3, -0.25) is 4.79 Å². The lowest BCUT2D eigenvalue weighted by Gasteiger charge is -2.22. The van der Waals surface area contributed by atoms with Crippen molar-refractivity contribution in [1.82, 2.24) is 20.5 Å². The summed E-state index contributed by atoms with van der Waals surface area (Å²) < 4.78 is 6.06. The Morgan fingerprint density at radius 3 is 2.83 bits per heavy atom. The molecule has 2 fully saturated rings. The third-order valence-electron chi connectivity index (χ3n) is 5.47. The predicted molar refractivity (Wildman–Crippen MR) is 130 cm³/mol. The highest BCUT2D eigenvalue weighted by molar-refractivity contribution is 14.0. The average Bonchev–Trinajstić information content (AvgIpc) is 3.15. The summed E-state index contributed by atoms with van der Waals surface area (Å²) in [5.74, 6) is 1.79. The molecule has 2 N–H and O–H groups in total. The van der Waals surface area contributed by atoms with Gasteiger partial charge in [-0.15, -0.1) is 24.0 Å². The molecule has 30 heavy (non-hydrogen) atoms. The van der Waals surface area contributed by atoms with E-state index in [1.807, 2.05) is 17.0 Å². The van der Waals surface area contributed by atoms with Crippen molar-refractivity contribution in [2.75, 3.05) is 26.2 Å². The molecule has 0 radical (unpaired) electrons. The van der Waals surface area contributed by atoms with Crippen LogP contribution >= 0.6 is 24.0 Å². The van der Waals surface area contributed by atoms with E-state index in [0.717, 1.165) is 63.4 Å². The fraction of sp³-hybridized carbons (Fsp3) is 0.682. The molecule has 1 aliphatic carbocycles. The highest BCUT2D eigenvalue weighted by atomic mass is 127. The predicted octanol–water partition coefficient (Wildman–Crippen LogP) is 3.48. The Balaban J connectivity index is 0.00000320. The Morgan fingerprint density at radius 2 is 2.10 bits per heavy atom. The normalized spacial score (nSPS) is 17.6. The number of likely N-dealkylation sites (tertiary alicyclic amines) is 1. The summed E-state index contributed by atoms with van der Waals surface area (Å²) in [6.45, 7) is 5.95. The number of nitrogens with one attached hydrogen (secondary N) is 2. The summed E-state index contributed by atoms with van der Waals surface area (Å²) in [6, 6.07) is 3.99. The Labute approximate surface area is 197 Å². The fourth-order valence-electron chi connectivity index (χ4n) is 3.90. The van der Waals surface area contributed by atoms with Crippen LogP contribution in [0.4, 0.5) is 0 Å². The molecule has 0 atom stereocenters. The molecule has 0 bridgehead atoms. The molecule has 0 unspecified atom stereocenters. The van der Waals surface area contributed by atoms with Crippen LogP contribution in [0.3, 0.4) is 0 Å². The summed E-state index contributed by atoms with van der Waals surface area (Å²) in [7, 11) is 0. The topological polar surface area (TPSA) is 78.9 Å². The minimum Gasteiger partial charge on any atom is -0.474 e. The van der Waals surface area contributed by atoms with Gasteiger partial charge in [-0.05, 0) is 57.1 Å². The van der Waals surface area contributed by atoms with E-state index in [9.17, 15) is 4.79 Å². The molecule has 168 valence electrons. The van der Waals surface area contributed by atoms with E-state index in [2.05, 4.69) is 27.5 Å². The Morgan fingerprint density at radius 1 is 1.27 bits per heavy atom. The van der Waals surface area contributed by atoms with Crippen molar-refractivity contribution in [2.24, 2.45) is 4.99 Å². The highest BCUT2D eigenvalue weighted by Gasteiger charge is 2.19. The van der Waals surface area contributed by atoms with Gasteiger partial charge in [0.05, 0.1) is 6.54 Å². The van der Waals surface area contributed by atoms with Crippen molar-refractivity contribution < 1.29 is 9.53 Å². The number of halogens is 1. The first-order valence-corrected chi connectivity index (χ1v) is 11.2. The molecule has 1 amide bonds. The molecule has 2 aliphatic rings. The van der Waals surface area contributed by atoms with Crippen molar-refractivity contribution in [3.63, 3.8) is 0 Å². The number of hydrogen-bond acceptors (Lipinski definition) is 4. The van der Waals surface area contributed by atoms with E-state index in [1.165, 1.54) is 19.3 Å². The maximum Gasteiger partial charge on any atom is 0.222 e. The van der Waals surface area contributed by atoms with Gasteiger partial charge in [-0.25, -0.2) is 9.98 Å². The zero-order valence-corrected chi connectivity index (χ0v) is 20.4. The van der Waals surface area contributed by atoms with Gasteiger partial charge in [0.25, 0.3) is 0 Å². The number of aliphatic imine (C=N–C) groups is 1. The summed E-state index contributed by atoms with van der Waals surface area (Å²) in [6.07, 6.45) is 10.8. The van der Waals surface area contributed by atoms with Crippen molar-refractivity contribution in [3.05, 3.63) is 23.9 Å². The van der Waals surface area contributed by atoms with E-state index in [4.69, 9.17) is 4.74 Å². The third-order valence-corrected chi connectivity index (χ3v) is 5.47. The van der Waals surface area contributed by atoms with E-state index < -0.39 is 0 Å². The van der Waals surface area contributed by atoms with Crippen LogP contribution in [-0.2, 0) is 11.3 Å². The Bertz CT molecular complexity index is 679. The molecule has 1 saturated carbocycles. The van der Waals surface area contributed by atoms with Crippen LogP contribution in [0, 0.1) is 0 Å². The number of pyridine rings is 1. The summed E-state index contributed by atoms with van der Waals surface area (Å²) >= 11 is 0. The molecular formula is C22H36IN5O2. The minimum absolute atomic E-state index is 0. The molecule has 2 heterocycles. The largest absolute Gasteiger partial charge is 0.474 e. The lowest BCUT2D eigenvalue weighted by molar-refractivity contribution is -0.127. The van der Waals surface area contributed by atoms with E-state index in [-0.39, 0.29) is 29.9 Å². The van der Waals surface area contributed by atoms with Crippen LogP contribution in [-0.4, -0.2) is 54.0 Å². The van der Waals surface area contributed by atoms with Crippen LogP contribution < -0.4 is 15.4 Å². The highest BCUT2D eigenvalue weighted by Crippen LogP contribution is 2.22. The van der Waals surface area contributed by atoms with Crippen LogP contribution in [0.2, 0.25) is 0 Å². The molecule has 1 aliphatic heterocycles. The molecule has 1 aromatic heterocycles. The van der Waals surface area contributed by atoms with Gasteiger partial charge in [0, 0.05) is 44.9 Å². The number of carbonyl (C=O) groups is 1. The Hall–Kier alpha value is -1.58. The number of amides is 1. The molecule has 0 spiro atoms. The first-order chi connectivity index (χ1) is 14.2. The van der Waals surface area contributed by atoms with Crippen molar-refractivity contribution in [1.29, 1.82) is 0 Å². The number of guanidine groups is 1. The van der Waals surface area contributed by atoms with Gasteiger partial charge in [0.1, 0.15) is 6.10 Å². The first-order valence-electron chi connectivity index (χ1n) is 11.2. The number of carbonyl (C=O) groups excluding carboxylic acids is 1. The van der Waals surface area contributed by atoms with Gasteiger partial charge >= 0.3 is 0 Å². The monoisotopic (exact) mass is 529 g/mol. The molecule has 1 aromatic rings. The lowest BCUT2D eigenvalue weighted by Crippen LogP contribution is -2.39. The summed E-state index contributed by atoms with van der Waals surface area (Å²) in [5, 5.41) is 6.65. The van der Waals surface area contributed by atoms with Crippen molar-refractivity contribution in [2.45, 2.75) is 70.9 Å². The van der Waals surface area contributed by atoms with Gasteiger partial charge in [0.15, 0.2) is 5.96 Å². The summed E-state index contributed by atoms with van der Waals surface area (Å²) in [4.78, 5) is 22.7. The molecule has 1 saturated heterocycles. The maximum absolute atomic E-state index is 11.7. The number of hydrogen-bond donors (Lipinski definition) is 2. The van der Waals surface area contributed by atoms with Crippen LogP contribution in [0.1, 0.15) is 63.9 Å². The molecule has 3 rings (SSSR count). The quantitative estimate of drug-likeness (QED) is 0.222. The van der Waals surface area contributed by atoms with Crippen LogP contribution in [0.15, 0.2) is 23.3 Å². The van der Waals surface area contributed by atoms with E-state index in [1.54, 1.807) is 6.20 Å². The molecule has 8 heteroatoms. The average molecular weight is 529 g/mol. The number of rotatable bonds is 9. The van der Waals surface area contributed by atoms with Crippen LogP contribution in [0.25, 0.3) is 0 Å². The van der Waals surface area contributed by atoms with Gasteiger partial charge in [-0.2, -0.15) is 0 Å². The van der Waals surface area contributed by atoms with Crippen LogP contribution in [0.5, 0.6) is 5.88 Å². The van der Waals surface area contributed by atoms with Gasteiger partial charge in [-0.1, -0.05) is 6.42 Å². The zero-order chi connectivity index (χ0) is 20.3. The maximum atomic E-state index is 11.7. The fourth-order valence-corrected chi connectivity index (χ4v) is 3.90. The van der Waals surface area contributed by atoms with Crippen molar-refractivity contribution in [3.8, 4) is 5.88 Å². The lowest BCUT2D eigenvalue weighted by atomic mass is 9.98. The zero-order valence-electron chi connectivity index (χ0n) is 18.1. The number of nitrogens with zero attached hydrogens (tertiary/aromatic N) is 3. The standard InChI is InChI=1S/C22H35N5O2.HI/c1-2-23-22(25-12-7-15-27-14-6-10-21(27)28)26-17-18-11-13-24-20(16-18)29-19-8-4-3-5-9-19;/h11,13,16,19H,2-10,12,14-15,17H2,1H3,(H2,23,25,26);1H. The molecular weight excluding hydrogens is 493 g/mol.